The standard InChI is InChI=1S/C13H18N2OS/c14-13(16)12(10-5-2-1-3-6-10)15-11-7-4-8-17-9-11/h1-3,5-6,11-12,15H,4,7-9H2,(H2,14,16). The van der Waals surface area contributed by atoms with Crippen LogP contribution in [0.3, 0.4) is 0 Å². The van der Waals surface area contributed by atoms with Gasteiger partial charge in [-0.2, -0.15) is 11.8 Å². The van der Waals surface area contributed by atoms with E-state index >= 15 is 0 Å². The number of rotatable bonds is 4. The summed E-state index contributed by atoms with van der Waals surface area (Å²) in [4.78, 5) is 11.5. The predicted octanol–water partition coefficient (Wildman–Crippen LogP) is 1.70. The van der Waals surface area contributed by atoms with Crippen LogP contribution < -0.4 is 11.1 Å². The van der Waals surface area contributed by atoms with Crippen LogP contribution in [0.15, 0.2) is 30.3 Å². The molecule has 0 aromatic heterocycles. The number of carbonyl (C=O) groups excluding carboxylic acids is 1. The third-order valence-electron chi connectivity index (χ3n) is 2.98. The Bertz CT molecular complexity index is 363. The zero-order valence-electron chi connectivity index (χ0n) is 9.76. The van der Waals surface area contributed by atoms with Crippen LogP contribution in [0.2, 0.25) is 0 Å². The minimum absolute atomic E-state index is 0.299. The summed E-state index contributed by atoms with van der Waals surface area (Å²) in [5, 5.41) is 3.38. The van der Waals surface area contributed by atoms with Crippen molar-refractivity contribution >= 4 is 17.7 Å². The highest BCUT2D eigenvalue weighted by Crippen LogP contribution is 2.20. The summed E-state index contributed by atoms with van der Waals surface area (Å²) in [6.45, 7) is 0. The molecule has 0 aliphatic carbocycles. The first-order valence-electron chi connectivity index (χ1n) is 5.95. The van der Waals surface area contributed by atoms with Crippen molar-refractivity contribution in [3.63, 3.8) is 0 Å². The third kappa shape index (κ3) is 3.48. The molecular formula is C13H18N2OS. The quantitative estimate of drug-likeness (QED) is 0.855. The van der Waals surface area contributed by atoms with E-state index in [4.69, 9.17) is 5.73 Å². The molecule has 1 aromatic rings. The van der Waals surface area contributed by atoms with Gasteiger partial charge in [-0.3, -0.25) is 10.1 Å². The van der Waals surface area contributed by atoms with Crippen LogP contribution in [0, 0.1) is 0 Å². The van der Waals surface area contributed by atoms with Crippen molar-refractivity contribution in [1.82, 2.24) is 5.32 Å². The molecule has 1 aromatic carbocycles. The lowest BCUT2D eigenvalue weighted by Gasteiger charge is -2.26. The fourth-order valence-corrected chi connectivity index (χ4v) is 3.18. The molecule has 0 spiro atoms. The van der Waals surface area contributed by atoms with Gasteiger partial charge in [-0.15, -0.1) is 0 Å². The van der Waals surface area contributed by atoms with E-state index in [1.54, 1.807) is 0 Å². The average molecular weight is 250 g/mol. The molecule has 4 heteroatoms. The minimum Gasteiger partial charge on any atom is -0.368 e. The van der Waals surface area contributed by atoms with Gasteiger partial charge in [0.2, 0.25) is 5.91 Å². The minimum atomic E-state index is -0.361. The summed E-state index contributed by atoms with van der Waals surface area (Å²) in [5.41, 5.74) is 6.43. The van der Waals surface area contributed by atoms with Gasteiger partial charge in [0.05, 0.1) is 0 Å². The molecule has 1 fully saturated rings. The van der Waals surface area contributed by atoms with Crippen molar-refractivity contribution in [3.05, 3.63) is 35.9 Å². The summed E-state index contributed by atoms with van der Waals surface area (Å²) in [7, 11) is 0. The highest BCUT2D eigenvalue weighted by molar-refractivity contribution is 7.99. The smallest absolute Gasteiger partial charge is 0.239 e. The molecule has 3 N–H and O–H groups in total. The molecule has 3 nitrogen and oxygen atoms in total. The van der Waals surface area contributed by atoms with Crippen LogP contribution in [-0.2, 0) is 4.79 Å². The number of nitrogens with one attached hydrogen (secondary N) is 1. The number of hydrogen-bond donors (Lipinski definition) is 2. The van der Waals surface area contributed by atoms with Crippen molar-refractivity contribution in [2.75, 3.05) is 11.5 Å². The Morgan fingerprint density at radius 1 is 1.41 bits per heavy atom. The van der Waals surface area contributed by atoms with Crippen molar-refractivity contribution in [2.24, 2.45) is 5.73 Å². The van der Waals surface area contributed by atoms with Crippen molar-refractivity contribution in [3.8, 4) is 0 Å². The summed E-state index contributed by atoms with van der Waals surface area (Å²) in [5.74, 6) is 1.99. The third-order valence-corrected chi connectivity index (χ3v) is 4.20. The Hall–Kier alpha value is -1.00. The van der Waals surface area contributed by atoms with E-state index in [2.05, 4.69) is 5.32 Å². The topological polar surface area (TPSA) is 55.1 Å². The first-order chi connectivity index (χ1) is 8.27. The molecule has 1 aliphatic heterocycles. The van der Waals surface area contributed by atoms with Gasteiger partial charge < -0.3 is 5.73 Å². The second kappa shape index (κ2) is 6.07. The van der Waals surface area contributed by atoms with Crippen LogP contribution in [0.25, 0.3) is 0 Å². The predicted molar refractivity (Wildman–Crippen MR) is 71.9 cm³/mol. The number of carbonyl (C=O) groups is 1. The average Bonchev–Trinajstić information content (AvgIpc) is 2.38. The van der Waals surface area contributed by atoms with Gasteiger partial charge in [0.25, 0.3) is 0 Å². The molecule has 1 saturated heterocycles. The SMILES string of the molecule is NC(=O)C(NC1CCCSC1)c1ccccc1. The molecule has 17 heavy (non-hydrogen) atoms. The Morgan fingerprint density at radius 3 is 2.76 bits per heavy atom. The number of nitrogens with two attached hydrogens (primary N) is 1. The largest absolute Gasteiger partial charge is 0.368 e. The van der Waals surface area contributed by atoms with Crippen LogP contribution in [0.5, 0.6) is 0 Å². The zero-order valence-corrected chi connectivity index (χ0v) is 10.6. The van der Waals surface area contributed by atoms with Gasteiger partial charge >= 0.3 is 0 Å². The number of hydrogen-bond acceptors (Lipinski definition) is 3. The molecular weight excluding hydrogens is 232 g/mol. The molecule has 0 bridgehead atoms. The summed E-state index contributed by atoms with van der Waals surface area (Å²) in [6, 6.07) is 9.73. The van der Waals surface area contributed by atoms with Crippen molar-refractivity contribution < 1.29 is 4.79 Å². The van der Waals surface area contributed by atoms with Gasteiger partial charge in [0, 0.05) is 11.8 Å². The Morgan fingerprint density at radius 2 is 2.18 bits per heavy atom. The lowest BCUT2D eigenvalue weighted by Crippen LogP contribution is -2.42. The van der Waals surface area contributed by atoms with Crippen LogP contribution in [-0.4, -0.2) is 23.5 Å². The monoisotopic (exact) mass is 250 g/mol. The van der Waals surface area contributed by atoms with Crippen molar-refractivity contribution in [2.45, 2.75) is 24.9 Å². The fraction of sp³-hybridized carbons (Fsp3) is 0.462. The maximum atomic E-state index is 11.5. The molecule has 2 rings (SSSR count). The molecule has 0 radical (unpaired) electrons. The molecule has 2 unspecified atom stereocenters. The van der Waals surface area contributed by atoms with Gasteiger partial charge in [-0.25, -0.2) is 0 Å². The molecule has 0 saturated carbocycles. The second-order valence-electron chi connectivity index (χ2n) is 4.33. The maximum absolute atomic E-state index is 11.5. The maximum Gasteiger partial charge on any atom is 0.239 e. The molecule has 1 aliphatic rings. The van der Waals surface area contributed by atoms with Gasteiger partial charge in [-0.05, 0) is 24.2 Å². The Labute approximate surface area is 106 Å². The second-order valence-corrected chi connectivity index (χ2v) is 5.48. The molecule has 92 valence electrons. The van der Waals surface area contributed by atoms with Gasteiger partial charge in [0.1, 0.15) is 6.04 Å². The first kappa shape index (κ1) is 12.5. The lowest BCUT2D eigenvalue weighted by molar-refractivity contribution is -0.120. The van der Waals surface area contributed by atoms with E-state index in [0.29, 0.717) is 6.04 Å². The van der Waals surface area contributed by atoms with Gasteiger partial charge in [-0.1, -0.05) is 30.3 Å². The van der Waals surface area contributed by atoms with Crippen LogP contribution in [0.1, 0.15) is 24.4 Å². The highest BCUT2D eigenvalue weighted by Gasteiger charge is 2.22. The van der Waals surface area contributed by atoms with E-state index < -0.39 is 0 Å². The lowest BCUT2D eigenvalue weighted by atomic mass is 10.0. The van der Waals surface area contributed by atoms with E-state index in [1.807, 2.05) is 42.1 Å². The van der Waals surface area contributed by atoms with E-state index in [1.165, 1.54) is 12.2 Å². The summed E-state index contributed by atoms with van der Waals surface area (Å²) in [6.07, 6.45) is 2.34. The zero-order chi connectivity index (χ0) is 12.1. The van der Waals surface area contributed by atoms with Gasteiger partial charge in [0.15, 0.2) is 0 Å². The van der Waals surface area contributed by atoms with Crippen LogP contribution in [0.4, 0.5) is 0 Å². The number of thioether (sulfide) groups is 1. The summed E-state index contributed by atoms with van der Waals surface area (Å²) >= 11 is 1.94. The van der Waals surface area contributed by atoms with E-state index in [9.17, 15) is 4.79 Å². The highest BCUT2D eigenvalue weighted by atomic mass is 32.2. The van der Waals surface area contributed by atoms with E-state index in [-0.39, 0.29) is 11.9 Å². The molecule has 2 atom stereocenters. The Kier molecular flexibility index (Phi) is 4.45. The number of benzene rings is 1. The van der Waals surface area contributed by atoms with E-state index in [0.717, 1.165) is 17.7 Å². The number of amides is 1. The molecule has 1 heterocycles. The normalized spacial score (nSPS) is 22.0. The first-order valence-corrected chi connectivity index (χ1v) is 7.11. The summed E-state index contributed by atoms with van der Waals surface area (Å²) < 4.78 is 0. The molecule has 1 amide bonds. The number of primary amides is 1. The Balaban J connectivity index is 2.05. The van der Waals surface area contributed by atoms with Crippen molar-refractivity contribution in [1.29, 1.82) is 0 Å². The fourth-order valence-electron chi connectivity index (χ4n) is 2.10. The van der Waals surface area contributed by atoms with Crippen LogP contribution >= 0.6 is 11.8 Å².